The molecule has 0 radical (unpaired) electrons. The summed E-state index contributed by atoms with van der Waals surface area (Å²) in [7, 11) is 3.30. The predicted molar refractivity (Wildman–Crippen MR) is 62.7 cm³/mol. The Kier molecular flexibility index (Phi) is 5.21. The molecule has 1 rings (SSSR count). The minimum absolute atomic E-state index is 0.623. The Morgan fingerprint density at radius 1 is 1.19 bits per heavy atom. The summed E-state index contributed by atoms with van der Waals surface area (Å²) in [5, 5.41) is 8.44. The molecule has 0 fully saturated rings. The van der Waals surface area contributed by atoms with Crippen LogP contribution in [0.2, 0.25) is 0 Å². The Labute approximate surface area is 96.6 Å². The minimum atomic E-state index is 0.623. The van der Waals surface area contributed by atoms with Crippen LogP contribution in [0.1, 0.15) is 24.8 Å². The Morgan fingerprint density at radius 2 is 2.00 bits per heavy atom. The average Bonchev–Trinajstić information content (AvgIpc) is 2.34. The number of rotatable bonds is 6. The fourth-order valence-corrected chi connectivity index (χ4v) is 1.58. The van der Waals surface area contributed by atoms with Gasteiger partial charge in [-0.3, -0.25) is 0 Å². The molecule has 0 unspecified atom stereocenters. The molecule has 1 aromatic rings. The molecule has 3 nitrogen and oxygen atoms in total. The lowest BCUT2D eigenvalue weighted by molar-refractivity contribution is 0.390. The molecular weight excluding hydrogens is 202 g/mol. The summed E-state index contributed by atoms with van der Waals surface area (Å²) in [4.78, 5) is 0. The lowest BCUT2D eigenvalue weighted by Gasteiger charge is -2.09. The first-order chi connectivity index (χ1) is 7.81. The molecule has 3 heteroatoms. The van der Waals surface area contributed by atoms with Gasteiger partial charge in [-0.05, 0) is 30.9 Å². The molecule has 16 heavy (non-hydrogen) atoms. The molecule has 1 aromatic carbocycles. The van der Waals surface area contributed by atoms with E-state index < -0.39 is 0 Å². The van der Waals surface area contributed by atoms with Gasteiger partial charge in [0.25, 0.3) is 0 Å². The van der Waals surface area contributed by atoms with Crippen LogP contribution >= 0.6 is 0 Å². The van der Waals surface area contributed by atoms with Gasteiger partial charge in [-0.25, -0.2) is 0 Å². The second-order valence-electron chi connectivity index (χ2n) is 3.54. The summed E-state index contributed by atoms with van der Waals surface area (Å²) in [6.07, 6.45) is 3.51. The fourth-order valence-electron chi connectivity index (χ4n) is 1.58. The minimum Gasteiger partial charge on any atom is -0.497 e. The van der Waals surface area contributed by atoms with Gasteiger partial charge in [0.15, 0.2) is 0 Å². The van der Waals surface area contributed by atoms with Crippen LogP contribution in [-0.2, 0) is 6.42 Å². The predicted octanol–water partition coefficient (Wildman–Crippen LogP) is 2.94. The molecule has 0 atom stereocenters. The SMILES string of the molecule is COc1ccc(CCCCC#N)c(OC)c1. The first kappa shape index (κ1) is 12.4. The summed E-state index contributed by atoms with van der Waals surface area (Å²) in [6, 6.07) is 7.99. The number of hydrogen-bond donors (Lipinski definition) is 0. The van der Waals surface area contributed by atoms with Crippen LogP contribution in [0.3, 0.4) is 0 Å². The third-order valence-electron chi connectivity index (χ3n) is 2.48. The van der Waals surface area contributed by atoms with Crippen molar-refractivity contribution in [2.24, 2.45) is 0 Å². The Hall–Kier alpha value is -1.69. The normalized spacial score (nSPS) is 9.56. The zero-order valence-corrected chi connectivity index (χ0v) is 9.82. The van der Waals surface area contributed by atoms with Crippen molar-refractivity contribution in [1.82, 2.24) is 0 Å². The number of nitrogens with zero attached hydrogens (tertiary/aromatic N) is 1. The van der Waals surface area contributed by atoms with Crippen molar-refractivity contribution in [2.75, 3.05) is 14.2 Å². The maximum absolute atomic E-state index is 8.44. The molecule has 0 amide bonds. The smallest absolute Gasteiger partial charge is 0.125 e. The van der Waals surface area contributed by atoms with Gasteiger partial charge in [-0.15, -0.1) is 0 Å². The van der Waals surface area contributed by atoms with E-state index in [-0.39, 0.29) is 0 Å². The van der Waals surface area contributed by atoms with E-state index in [1.54, 1.807) is 14.2 Å². The number of unbranched alkanes of at least 4 members (excludes halogenated alkanes) is 2. The average molecular weight is 219 g/mol. The first-order valence-corrected chi connectivity index (χ1v) is 5.39. The van der Waals surface area contributed by atoms with Gasteiger partial charge in [-0.1, -0.05) is 6.07 Å². The molecule has 0 bridgehead atoms. The van der Waals surface area contributed by atoms with Crippen molar-refractivity contribution in [2.45, 2.75) is 25.7 Å². The largest absolute Gasteiger partial charge is 0.497 e. The van der Waals surface area contributed by atoms with Crippen LogP contribution in [0, 0.1) is 11.3 Å². The first-order valence-electron chi connectivity index (χ1n) is 5.39. The van der Waals surface area contributed by atoms with Gasteiger partial charge in [0.2, 0.25) is 0 Å². The van der Waals surface area contributed by atoms with Gasteiger partial charge < -0.3 is 9.47 Å². The maximum atomic E-state index is 8.44. The quantitative estimate of drug-likeness (QED) is 0.691. The van der Waals surface area contributed by atoms with Crippen LogP contribution in [-0.4, -0.2) is 14.2 Å². The number of aryl methyl sites for hydroxylation is 1. The summed E-state index contributed by atoms with van der Waals surface area (Å²) in [6.45, 7) is 0. The molecule has 0 aliphatic carbocycles. The molecule has 0 aliphatic heterocycles. The van der Waals surface area contributed by atoms with Crippen LogP contribution in [0.5, 0.6) is 11.5 Å². The van der Waals surface area contributed by atoms with Crippen molar-refractivity contribution in [3.05, 3.63) is 23.8 Å². The number of benzene rings is 1. The van der Waals surface area contributed by atoms with Gasteiger partial charge in [0.1, 0.15) is 11.5 Å². The zero-order chi connectivity index (χ0) is 11.8. The number of ether oxygens (including phenoxy) is 2. The van der Waals surface area contributed by atoms with Crippen molar-refractivity contribution >= 4 is 0 Å². The summed E-state index contributed by atoms with van der Waals surface area (Å²) in [5.74, 6) is 1.66. The number of nitriles is 1. The molecule has 0 heterocycles. The van der Waals surface area contributed by atoms with E-state index >= 15 is 0 Å². The van der Waals surface area contributed by atoms with Crippen molar-refractivity contribution in [3.8, 4) is 17.6 Å². The summed E-state index contributed by atoms with van der Waals surface area (Å²) >= 11 is 0. The standard InChI is InChI=1S/C13H17NO2/c1-15-12-8-7-11(13(10-12)16-2)6-4-3-5-9-14/h7-8,10H,3-6H2,1-2H3. The van der Waals surface area contributed by atoms with E-state index in [1.165, 1.54) is 5.56 Å². The van der Waals surface area contributed by atoms with E-state index in [9.17, 15) is 0 Å². The van der Waals surface area contributed by atoms with Gasteiger partial charge in [0, 0.05) is 12.5 Å². The highest BCUT2D eigenvalue weighted by molar-refractivity contribution is 5.40. The highest BCUT2D eigenvalue weighted by atomic mass is 16.5. The van der Waals surface area contributed by atoms with Crippen LogP contribution < -0.4 is 9.47 Å². The van der Waals surface area contributed by atoms with Gasteiger partial charge in [-0.2, -0.15) is 5.26 Å². The van der Waals surface area contributed by atoms with Crippen LogP contribution in [0.25, 0.3) is 0 Å². The topological polar surface area (TPSA) is 42.2 Å². The highest BCUT2D eigenvalue weighted by Gasteiger charge is 2.04. The lowest BCUT2D eigenvalue weighted by Crippen LogP contribution is -1.94. The second-order valence-corrected chi connectivity index (χ2v) is 3.54. The van der Waals surface area contributed by atoms with Crippen LogP contribution in [0.15, 0.2) is 18.2 Å². The third kappa shape index (κ3) is 3.47. The summed E-state index contributed by atoms with van der Waals surface area (Å²) in [5.41, 5.74) is 1.17. The summed E-state index contributed by atoms with van der Waals surface area (Å²) < 4.78 is 10.4. The molecule has 0 saturated carbocycles. The maximum Gasteiger partial charge on any atom is 0.125 e. The monoisotopic (exact) mass is 219 g/mol. The number of hydrogen-bond acceptors (Lipinski definition) is 3. The lowest BCUT2D eigenvalue weighted by atomic mass is 10.1. The Bertz CT molecular complexity index is 369. The van der Waals surface area contributed by atoms with Crippen molar-refractivity contribution < 1.29 is 9.47 Å². The van der Waals surface area contributed by atoms with E-state index in [1.807, 2.05) is 18.2 Å². The van der Waals surface area contributed by atoms with E-state index in [2.05, 4.69) is 6.07 Å². The second kappa shape index (κ2) is 6.73. The molecule has 0 saturated heterocycles. The van der Waals surface area contributed by atoms with Gasteiger partial charge >= 0.3 is 0 Å². The highest BCUT2D eigenvalue weighted by Crippen LogP contribution is 2.25. The Balaban J connectivity index is 2.61. The zero-order valence-electron chi connectivity index (χ0n) is 9.82. The van der Waals surface area contributed by atoms with Gasteiger partial charge in [0.05, 0.1) is 20.3 Å². The van der Waals surface area contributed by atoms with E-state index in [0.29, 0.717) is 6.42 Å². The van der Waals surface area contributed by atoms with E-state index in [0.717, 1.165) is 30.8 Å². The van der Waals surface area contributed by atoms with Crippen LogP contribution in [0.4, 0.5) is 0 Å². The fraction of sp³-hybridized carbons (Fsp3) is 0.462. The molecular formula is C13H17NO2. The van der Waals surface area contributed by atoms with E-state index in [4.69, 9.17) is 14.7 Å². The molecule has 0 spiro atoms. The number of methoxy groups -OCH3 is 2. The molecule has 86 valence electrons. The van der Waals surface area contributed by atoms with Crippen molar-refractivity contribution in [3.63, 3.8) is 0 Å². The van der Waals surface area contributed by atoms with Crippen molar-refractivity contribution in [1.29, 1.82) is 5.26 Å². The Morgan fingerprint density at radius 3 is 2.62 bits per heavy atom. The third-order valence-corrected chi connectivity index (χ3v) is 2.48. The molecule has 0 aromatic heterocycles. The molecule has 0 N–H and O–H groups in total. The molecule has 0 aliphatic rings.